The van der Waals surface area contributed by atoms with E-state index in [0.717, 1.165) is 25.7 Å². The Kier molecular flexibility index (Phi) is 7.99. The van der Waals surface area contributed by atoms with Gasteiger partial charge in [-0.3, -0.25) is 0 Å². The van der Waals surface area contributed by atoms with E-state index in [4.69, 9.17) is 4.74 Å². The Bertz CT molecular complexity index is 665. The first-order chi connectivity index (χ1) is 12.2. The Morgan fingerprint density at radius 3 is 2.36 bits per heavy atom. The van der Waals surface area contributed by atoms with Crippen molar-refractivity contribution in [2.45, 2.75) is 40.5 Å². The van der Waals surface area contributed by atoms with Gasteiger partial charge in [0.25, 0.3) is 0 Å². The number of aliphatic imine (C=N–C) groups is 1. The number of ether oxygens (including phenoxy) is 1. The second-order valence-corrected chi connectivity index (χ2v) is 5.94. The smallest absolute Gasteiger partial charge is 0.191 e. The molecule has 0 unspecified atom stereocenters. The van der Waals surface area contributed by atoms with E-state index in [0.29, 0.717) is 13.2 Å². The highest BCUT2D eigenvalue weighted by Crippen LogP contribution is 2.10. The van der Waals surface area contributed by atoms with Gasteiger partial charge in [0.1, 0.15) is 0 Å². The largest absolute Gasteiger partial charge is 0.377 e. The van der Waals surface area contributed by atoms with Gasteiger partial charge >= 0.3 is 0 Å². The van der Waals surface area contributed by atoms with Crippen molar-refractivity contribution in [1.29, 1.82) is 0 Å². The molecule has 0 saturated heterocycles. The van der Waals surface area contributed by atoms with E-state index in [2.05, 4.69) is 78.0 Å². The molecule has 0 atom stereocenters. The average Bonchev–Trinajstić information content (AvgIpc) is 2.64. The minimum atomic E-state index is 0.644. The zero-order valence-electron chi connectivity index (χ0n) is 15.5. The maximum Gasteiger partial charge on any atom is 0.191 e. The molecule has 4 heteroatoms. The minimum Gasteiger partial charge on any atom is -0.377 e. The lowest BCUT2D eigenvalue weighted by molar-refractivity contribution is 0.133. The molecule has 2 aromatic carbocycles. The lowest BCUT2D eigenvalue weighted by atomic mass is 10.1. The lowest BCUT2D eigenvalue weighted by Gasteiger charge is -2.14. The zero-order chi connectivity index (χ0) is 17.9. The third-order valence-corrected chi connectivity index (χ3v) is 3.91. The number of rotatable bonds is 8. The highest BCUT2D eigenvalue weighted by Gasteiger charge is 2.03. The van der Waals surface area contributed by atoms with Gasteiger partial charge in [-0.25, -0.2) is 4.99 Å². The molecule has 0 aromatic heterocycles. The SMILES string of the molecule is CCNC(=NCc1ccc(C)cc1)NCc1ccccc1COCC. The van der Waals surface area contributed by atoms with Crippen molar-refractivity contribution in [2.75, 3.05) is 13.2 Å². The summed E-state index contributed by atoms with van der Waals surface area (Å²) >= 11 is 0. The van der Waals surface area contributed by atoms with E-state index >= 15 is 0 Å². The Morgan fingerprint density at radius 2 is 1.68 bits per heavy atom. The van der Waals surface area contributed by atoms with E-state index in [1.54, 1.807) is 0 Å². The molecule has 0 aliphatic rings. The van der Waals surface area contributed by atoms with Crippen molar-refractivity contribution < 1.29 is 4.74 Å². The molecule has 0 amide bonds. The first-order valence-corrected chi connectivity index (χ1v) is 8.95. The van der Waals surface area contributed by atoms with Crippen LogP contribution in [0.4, 0.5) is 0 Å². The molecule has 0 aliphatic carbocycles. The van der Waals surface area contributed by atoms with Crippen LogP contribution >= 0.6 is 0 Å². The van der Waals surface area contributed by atoms with Crippen LogP contribution in [0.5, 0.6) is 0 Å². The molecule has 0 fully saturated rings. The molecular weight excluding hydrogens is 310 g/mol. The summed E-state index contributed by atoms with van der Waals surface area (Å²) in [6, 6.07) is 16.8. The molecule has 2 rings (SSSR count). The maximum atomic E-state index is 5.56. The monoisotopic (exact) mass is 339 g/mol. The molecule has 25 heavy (non-hydrogen) atoms. The molecule has 0 aliphatic heterocycles. The van der Waals surface area contributed by atoms with Crippen LogP contribution in [0.15, 0.2) is 53.5 Å². The van der Waals surface area contributed by atoms with Crippen molar-refractivity contribution in [2.24, 2.45) is 4.99 Å². The fourth-order valence-electron chi connectivity index (χ4n) is 2.47. The van der Waals surface area contributed by atoms with Crippen molar-refractivity contribution in [3.05, 3.63) is 70.8 Å². The second-order valence-electron chi connectivity index (χ2n) is 5.94. The van der Waals surface area contributed by atoms with Crippen molar-refractivity contribution in [1.82, 2.24) is 10.6 Å². The molecule has 2 aromatic rings. The second kappa shape index (κ2) is 10.5. The zero-order valence-corrected chi connectivity index (χ0v) is 15.5. The van der Waals surface area contributed by atoms with Crippen LogP contribution in [0.3, 0.4) is 0 Å². The van der Waals surface area contributed by atoms with E-state index in [9.17, 15) is 0 Å². The summed E-state index contributed by atoms with van der Waals surface area (Å²) in [5, 5.41) is 6.72. The van der Waals surface area contributed by atoms with Gasteiger partial charge in [-0.05, 0) is 37.5 Å². The minimum absolute atomic E-state index is 0.644. The van der Waals surface area contributed by atoms with E-state index in [1.807, 2.05) is 6.92 Å². The molecule has 0 bridgehead atoms. The average molecular weight is 339 g/mol. The Morgan fingerprint density at radius 1 is 0.960 bits per heavy atom. The Balaban J connectivity index is 1.99. The molecule has 4 nitrogen and oxygen atoms in total. The lowest BCUT2D eigenvalue weighted by Crippen LogP contribution is -2.37. The number of nitrogens with one attached hydrogen (secondary N) is 2. The van der Waals surface area contributed by atoms with E-state index < -0.39 is 0 Å². The molecule has 2 N–H and O–H groups in total. The van der Waals surface area contributed by atoms with Gasteiger partial charge in [0.2, 0.25) is 0 Å². The van der Waals surface area contributed by atoms with Gasteiger partial charge < -0.3 is 15.4 Å². The molecule has 0 heterocycles. The summed E-state index contributed by atoms with van der Waals surface area (Å²) in [7, 11) is 0. The predicted molar refractivity (Wildman–Crippen MR) is 105 cm³/mol. The fourth-order valence-corrected chi connectivity index (χ4v) is 2.47. The van der Waals surface area contributed by atoms with Gasteiger partial charge in [0.05, 0.1) is 13.2 Å². The van der Waals surface area contributed by atoms with Gasteiger partial charge in [-0.2, -0.15) is 0 Å². The van der Waals surface area contributed by atoms with E-state index in [-0.39, 0.29) is 0 Å². The fraction of sp³-hybridized carbons (Fsp3) is 0.381. The van der Waals surface area contributed by atoms with Crippen LogP contribution in [0, 0.1) is 6.92 Å². The Labute approximate surface area is 151 Å². The highest BCUT2D eigenvalue weighted by molar-refractivity contribution is 5.79. The summed E-state index contributed by atoms with van der Waals surface area (Å²) in [5.41, 5.74) is 4.92. The number of aryl methyl sites for hydroxylation is 1. The van der Waals surface area contributed by atoms with Crippen molar-refractivity contribution in [3.63, 3.8) is 0 Å². The first-order valence-electron chi connectivity index (χ1n) is 8.95. The summed E-state index contributed by atoms with van der Waals surface area (Å²) in [4.78, 5) is 4.68. The summed E-state index contributed by atoms with van der Waals surface area (Å²) < 4.78 is 5.56. The van der Waals surface area contributed by atoms with Crippen LogP contribution in [-0.2, 0) is 24.4 Å². The Hall–Kier alpha value is -2.33. The van der Waals surface area contributed by atoms with Crippen molar-refractivity contribution in [3.8, 4) is 0 Å². The molecule has 0 spiro atoms. The van der Waals surface area contributed by atoms with Crippen LogP contribution in [0.25, 0.3) is 0 Å². The molecular formula is C21H29N3O. The number of guanidine groups is 1. The number of hydrogen-bond donors (Lipinski definition) is 2. The van der Waals surface area contributed by atoms with Crippen LogP contribution in [0.1, 0.15) is 36.1 Å². The number of nitrogens with zero attached hydrogens (tertiary/aromatic N) is 1. The van der Waals surface area contributed by atoms with Crippen LogP contribution in [-0.4, -0.2) is 19.1 Å². The topological polar surface area (TPSA) is 45.7 Å². The maximum absolute atomic E-state index is 5.56. The van der Waals surface area contributed by atoms with Gasteiger partial charge in [0, 0.05) is 19.7 Å². The molecule has 0 saturated carbocycles. The van der Waals surface area contributed by atoms with Gasteiger partial charge in [-0.15, -0.1) is 0 Å². The first kappa shape index (κ1) is 19.0. The van der Waals surface area contributed by atoms with E-state index in [1.165, 1.54) is 22.3 Å². The van der Waals surface area contributed by atoms with Crippen LogP contribution in [0.2, 0.25) is 0 Å². The standard InChI is InChI=1S/C21H29N3O/c1-4-22-21(23-14-18-12-10-17(3)11-13-18)24-15-19-8-6-7-9-20(19)16-25-5-2/h6-13H,4-5,14-16H2,1-3H3,(H2,22,23,24). The predicted octanol–water partition coefficient (Wildman–Crippen LogP) is 3.79. The van der Waals surface area contributed by atoms with Gasteiger partial charge in [0.15, 0.2) is 5.96 Å². The summed E-state index contributed by atoms with van der Waals surface area (Å²) in [6.07, 6.45) is 0. The quantitative estimate of drug-likeness (QED) is 0.568. The number of benzene rings is 2. The highest BCUT2D eigenvalue weighted by atomic mass is 16.5. The molecule has 0 radical (unpaired) electrons. The third-order valence-electron chi connectivity index (χ3n) is 3.91. The van der Waals surface area contributed by atoms with Crippen molar-refractivity contribution >= 4 is 5.96 Å². The summed E-state index contributed by atoms with van der Waals surface area (Å²) in [6.45, 7) is 9.78. The number of hydrogen-bond acceptors (Lipinski definition) is 2. The summed E-state index contributed by atoms with van der Waals surface area (Å²) in [5.74, 6) is 0.828. The normalized spacial score (nSPS) is 11.4. The van der Waals surface area contributed by atoms with Crippen LogP contribution < -0.4 is 10.6 Å². The third kappa shape index (κ3) is 6.59. The molecule has 134 valence electrons. The van der Waals surface area contributed by atoms with Gasteiger partial charge in [-0.1, -0.05) is 54.1 Å².